The third-order valence-corrected chi connectivity index (χ3v) is 4.88. The molecule has 3 N–H and O–H groups in total. The van der Waals surface area contributed by atoms with Gasteiger partial charge >= 0.3 is 17.9 Å². The first-order chi connectivity index (χ1) is 12.5. The van der Waals surface area contributed by atoms with Gasteiger partial charge < -0.3 is 19.8 Å². The Morgan fingerprint density at radius 2 is 1.19 bits per heavy atom. The highest BCUT2D eigenvalue weighted by atomic mass is 16.4. The Morgan fingerprint density at radius 1 is 0.778 bits per heavy atom. The smallest absolute Gasteiger partial charge is 0.311 e. The fourth-order valence-corrected chi connectivity index (χ4v) is 3.35. The molecule has 0 rings (SSSR count). The van der Waals surface area contributed by atoms with Crippen LogP contribution in [-0.4, -0.2) is 63.9 Å². The van der Waals surface area contributed by atoms with Crippen LogP contribution in [-0.2, 0) is 14.4 Å². The van der Waals surface area contributed by atoms with Gasteiger partial charge in [0.1, 0.15) is 17.8 Å². The van der Waals surface area contributed by atoms with Crippen molar-refractivity contribution in [2.24, 2.45) is 17.8 Å². The van der Waals surface area contributed by atoms with E-state index in [4.69, 9.17) is 0 Å². The molecule has 0 radical (unpaired) electrons. The van der Waals surface area contributed by atoms with E-state index in [0.717, 1.165) is 25.7 Å². The van der Waals surface area contributed by atoms with Crippen molar-refractivity contribution in [2.75, 3.05) is 26.2 Å². The molecule has 0 aliphatic rings. The molecule has 0 aromatic heterocycles. The summed E-state index contributed by atoms with van der Waals surface area (Å²) in [7, 11) is 0. The number of hydrogen-bond donors (Lipinski definition) is 3. The van der Waals surface area contributed by atoms with Gasteiger partial charge in [0.15, 0.2) is 0 Å². The zero-order valence-electron chi connectivity index (χ0n) is 17.1. The van der Waals surface area contributed by atoms with Crippen molar-refractivity contribution in [1.82, 2.24) is 0 Å². The van der Waals surface area contributed by atoms with Crippen molar-refractivity contribution in [3.05, 3.63) is 12.2 Å². The average molecular weight is 387 g/mol. The number of carboxylic acids is 3. The molecule has 0 amide bonds. The SMILES string of the molecule is CCCCC/C=C/C[N+](CC(C)C(=O)O)(CC(C)C(=O)O)CC(C)C(=O)O. The lowest BCUT2D eigenvalue weighted by Gasteiger charge is -2.41. The van der Waals surface area contributed by atoms with Crippen molar-refractivity contribution in [3.63, 3.8) is 0 Å². The topological polar surface area (TPSA) is 112 Å². The second kappa shape index (κ2) is 12.5. The summed E-state index contributed by atoms with van der Waals surface area (Å²) in [6.07, 6.45) is 8.21. The van der Waals surface area contributed by atoms with Gasteiger partial charge in [0.25, 0.3) is 0 Å². The lowest BCUT2D eigenvalue weighted by atomic mass is 10.0. The van der Waals surface area contributed by atoms with Gasteiger partial charge in [0.2, 0.25) is 0 Å². The standard InChI is InChI=1S/C20H35NO6/c1-5-6-7-8-9-10-11-21(12-15(2)18(22)23,13-16(3)19(24)25)14-17(4)20(26)27/h9-10,15-17H,5-8,11-14H2,1-4H3,(H2-,22,23,24,25,26,27)/p+1/b10-9+. The Morgan fingerprint density at radius 3 is 1.52 bits per heavy atom. The number of hydrogen-bond acceptors (Lipinski definition) is 3. The van der Waals surface area contributed by atoms with Gasteiger partial charge in [-0.05, 0) is 39.7 Å². The van der Waals surface area contributed by atoms with E-state index in [-0.39, 0.29) is 24.1 Å². The van der Waals surface area contributed by atoms with Crippen LogP contribution < -0.4 is 0 Å². The molecule has 0 saturated carbocycles. The monoisotopic (exact) mass is 386 g/mol. The van der Waals surface area contributed by atoms with Crippen LogP contribution in [0.5, 0.6) is 0 Å². The fraction of sp³-hybridized carbons (Fsp3) is 0.750. The summed E-state index contributed by atoms with van der Waals surface area (Å²) in [6.45, 7) is 7.89. The number of unbranched alkanes of at least 4 members (excludes halogenated alkanes) is 3. The van der Waals surface area contributed by atoms with Gasteiger partial charge in [-0.15, -0.1) is 0 Å². The third kappa shape index (κ3) is 10.1. The lowest BCUT2D eigenvalue weighted by Crippen LogP contribution is -2.57. The van der Waals surface area contributed by atoms with Crippen molar-refractivity contribution in [2.45, 2.75) is 53.4 Å². The molecule has 0 saturated heterocycles. The first kappa shape index (κ1) is 25.1. The van der Waals surface area contributed by atoms with Crippen molar-refractivity contribution >= 4 is 17.9 Å². The van der Waals surface area contributed by atoms with E-state index in [2.05, 4.69) is 6.92 Å². The summed E-state index contributed by atoms with van der Waals surface area (Å²) < 4.78 is 0.138. The van der Waals surface area contributed by atoms with Gasteiger partial charge in [0, 0.05) is 0 Å². The molecule has 3 atom stereocenters. The minimum absolute atomic E-state index is 0.138. The number of carbonyl (C=O) groups is 3. The second-order valence-electron chi connectivity index (χ2n) is 7.76. The minimum atomic E-state index is -0.963. The summed E-state index contributed by atoms with van der Waals surface area (Å²) in [6, 6.07) is 0. The Bertz CT molecular complexity index is 462. The van der Waals surface area contributed by atoms with Gasteiger partial charge in [0.05, 0.1) is 26.2 Å². The van der Waals surface area contributed by atoms with E-state index in [1.54, 1.807) is 20.8 Å². The Kier molecular flexibility index (Phi) is 11.6. The summed E-state index contributed by atoms with van der Waals surface area (Å²) in [5.41, 5.74) is 0. The minimum Gasteiger partial charge on any atom is -0.481 e. The average Bonchev–Trinajstić information content (AvgIpc) is 2.57. The number of aliphatic carboxylic acids is 3. The lowest BCUT2D eigenvalue weighted by molar-refractivity contribution is -0.928. The molecule has 0 aliphatic heterocycles. The zero-order chi connectivity index (χ0) is 21.0. The van der Waals surface area contributed by atoms with Crippen LogP contribution in [0.15, 0.2) is 12.2 Å². The molecule has 7 heteroatoms. The second-order valence-corrected chi connectivity index (χ2v) is 7.76. The Labute approximate surface area is 162 Å². The predicted molar refractivity (Wildman–Crippen MR) is 103 cm³/mol. The molecule has 0 spiro atoms. The highest BCUT2D eigenvalue weighted by Gasteiger charge is 2.37. The Balaban J connectivity index is 5.55. The fourth-order valence-electron chi connectivity index (χ4n) is 3.35. The number of allylic oxidation sites excluding steroid dienone is 1. The quantitative estimate of drug-likeness (QED) is 0.226. The molecule has 0 fully saturated rings. The van der Waals surface area contributed by atoms with E-state index in [9.17, 15) is 29.7 Å². The number of rotatable bonds is 15. The first-order valence-corrected chi connectivity index (χ1v) is 9.73. The molecule has 0 heterocycles. The van der Waals surface area contributed by atoms with Crippen molar-refractivity contribution in [3.8, 4) is 0 Å². The molecule has 0 aromatic rings. The highest BCUT2D eigenvalue weighted by Crippen LogP contribution is 2.20. The highest BCUT2D eigenvalue weighted by molar-refractivity contribution is 5.70. The summed E-state index contributed by atoms with van der Waals surface area (Å²) in [4.78, 5) is 34.2. The van der Waals surface area contributed by atoms with Gasteiger partial charge in [-0.3, -0.25) is 14.4 Å². The zero-order valence-corrected chi connectivity index (χ0v) is 17.1. The van der Waals surface area contributed by atoms with Gasteiger partial charge in [-0.25, -0.2) is 0 Å². The van der Waals surface area contributed by atoms with Crippen LogP contribution in [0.2, 0.25) is 0 Å². The number of carboxylic acid groups (broad SMARTS) is 3. The molecule has 3 unspecified atom stereocenters. The normalized spacial score (nSPS) is 17.2. The van der Waals surface area contributed by atoms with E-state index in [0.29, 0.717) is 6.54 Å². The van der Waals surface area contributed by atoms with E-state index in [1.807, 2.05) is 12.2 Å². The Hall–Kier alpha value is -1.89. The third-order valence-electron chi connectivity index (χ3n) is 4.88. The largest absolute Gasteiger partial charge is 0.481 e. The van der Waals surface area contributed by atoms with Gasteiger partial charge in [-0.2, -0.15) is 0 Å². The molecule has 156 valence electrons. The first-order valence-electron chi connectivity index (χ1n) is 9.73. The van der Waals surface area contributed by atoms with E-state index >= 15 is 0 Å². The van der Waals surface area contributed by atoms with Crippen LogP contribution in [0.1, 0.15) is 53.4 Å². The molecule has 0 aromatic carbocycles. The maximum atomic E-state index is 11.4. The van der Waals surface area contributed by atoms with Crippen LogP contribution in [0.3, 0.4) is 0 Å². The maximum Gasteiger partial charge on any atom is 0.311 e. The number of quaternary nitrogens is 1. The van der Waals surface area contributed by atoms with E-state index < -0.39 is 35.7 Å². The summed E-state index contributed by atoms with van der Waals surface area (Å²) >= 11 is 0. The van der Waals surface area contributed by atoms with Crippen LogP contribution in [0, 0.1) is 17.8 Å². The summed E-state index contributed by atoms with van der Waals surface area (Å²) in [5.74, 6) is -4.97. The van der Waals surface area contributed by atoms with Crippen molar-refractivity contribution in [1.29, 1.82) is 0 Å². The van der Waals surface area contributed by atoms with E-state index in [1.165, 1.54) is 0 Å². The predicted octanol–water partition coefficient (Wildman–Crippen LogP) is 3.10. The van der Waals surface area contributed by atoms with Crippen LogP contribution >= 0.6 is 0 Å². The van der Waals surface area contributed by atoms with Crippen molar-refractivity contribution < 1.29 is 34.2 Å². The van der Waals surface area contributed by atoms with Crippen LogP contribution in [0.25, 0.3) is 0 Å². The maximum absolute atomic E-state index is 11.4. The molecule has 7 nitrogen and oxygen atoms in total. The molecular formula is C20H36NO6+. The molecule has 27 heavy (non-hydrogen) atoms. The molecule has 0 aliphatic carbocycles. The summed E-state index contributed by atoms with van der Waals surface area (Å²) in [5, 5.41) is 28.0. The molecular weight excluding hydrogens is 350 g/mol. The van der Waals surface area contributed by atoms with Gasteiger partial charge in [-0.1, -0.05) is 25.8 Å². The van der Waals surface area contributed by atoms with Crippen LogP contribution in [0.4, 0.5) is 0 Å². The number of nitrogens with zero attached hydrogens (tertiary/aromatic N) is 1. The molecule has 0 bridgehead atoms.